The van der Waals surface area contributed by atoms with E-state index >= 15 is 0 Å². The number of hydrogen-bond donors (Lipinski definition) is 1. The van der Waals surface area contributed by atoms with Gasteiger partial charge in [0.05, 0.1) is 32.6 Å². The Morgan fingerprint density at radius 3 is 2.84 bits per heavy atom. The van der Waals surface area contributed by atoms with Gasteiger partial charge in [-0.1, -0.05) is 18.2 Å². The third kappa shape index (κ3) is 4.16. The highest BCUT2D eigenvalue weighted by Gasteiger charge is 2.28. The molecule has 5 nitrogen and oxygen atoms in total. The fraction of sp³-hybridized carbons (Fsp3) is 0.174. The zero-order valence-corrected chi connectivity index (χ0v) is 17.8. The third-order valence-electron chi connectivity index (χ3n) is 5.10. The summed E-state index contributed by atoms with van der Waals surface area (Å²) < 4.78 is 40.1. The Balaban J connectivity index is 1.43. The molecule has 1 N–H and O–H groups in total. The van der Waals surface area contributed by atoms with Gasteiger partial charge in [0, 0.05) is 29.9 Å². The zero-order chi connectivity index (χ0) is 22.3. The number of rotatable bonds is 5. The van der Waals surface area contributed by atoms with E-state index < -0.39 is 12.7 Å². The number of thiazole rings is 1. The van der Waals surface area contributed by atoms with Crippen molar-refractivity contribution >= 4 is 38.1 Å². The van der Waals surface area contributed by atoms with Gasteiger partial charge >= 0.3 is 6.18 Å². The summed E-state index contributed by atoms with van der Waals surface area (Å²) in [6.07, 6.45) is 0.202. The van der Waals surface area contributed by atoms with Crippen LogP contribution in [-0.4, -0.2) is 25.9 Å². The molecule has 0 amide bonds. The molecule has 0 unspecified atom stereocenters. The number of anilines is 1. The number of para-hydroxylation sites is 1. The first-order valence-electron chi connectivity index (χ1n) is 9.93. The number of fused-ring (bicyclic) bond motifs is 2. The quantitative estimate of drug-likeness (QED) is 0.345. The topological polar surface area (TPSA) is 55.6 Å². The molecule has 5 aromatic rings. The van der Waals surface area contributed by atoms with Gasteiger partial charge in [0.1, 0.15) is 6.54 Å². The second kappa shape index (κ2) is 7.90. The molecular weight excluding hydrogens is 435 g/mol. The van der Waals surface area contributed by atoms with Crippen molar-refractivity contribution in [2.75, 3.05) is 5.32 Å². The maximum Gasteiger partial charge on any atom is 0.408 e. The number of aromatic nitrogens is 4. The fourth-order valence-corrected chi connectivity index (χ4v) is 4.55. The highest BCUT2D eigenvalue weighted by atomic mass is 32.1. The van der Waals surface area contributed by atoms with Gasteiger partial charge in [-0.15, -0.1) is 11.3 Å². The number of alkyl halides is 3. The first-order chi connectivity index (χ1) is 15.4. The summed E-state index contributed by atoms with van der Waals surface area (Å²) in [5, 5.41) is 9.18. The number of pyridine rings is 1. The maximum absolute atomic E-state index is 12.7. The maximum atomic E-state index is 12.7. The van der Waals surface area contributed by atoms with Gasteiger partial charge in [-0.25, -0.2) is 4.98 Å². The van der Waals surface area contributed by atoms with E-state index in [1.165, 1.54) is 12.4 Å². The number of nitrogens with zero attached hydrogens (tertiary/aromatic N) is 4. The Bertz CT molecular complexity index is 1420. The van der Waals surface area contributed by atoms with E-state index in [0.29, 0.717) is 12.1 Å². The Labute approximate surface area is 185 Å². The van der Waals surface area contributed by atoms with Gasteiger partial charge < -0.3 is 5.32 Å². The van der Waals surface area contributed by atoms with Crippen molar-refractivity contribution in [1.29, 1.82) is 0 Å². The Kier molecular flexibility index (Phi) is 5.05. The highest BCUT2D eigenvalue weighted by Crippen LogP contribution is 2.32. The van der Waals surface area contributed by atoms with Crippen LogP contribution in [0.2, 0.25) is 0 Å². The van der Waals surface area contributed by atoms with Gasteiger partial charge in [0.2, 0.25) is 0 Å². The van der Waals surface area contributed by atoms with Crippen molar-refractivity contribution in [3.05, 3.63) is 71.6 Å². The van der Waals surface area contributed by atoms with Crippen LogP contribution in [-0.2, 0) is 13.1 Å². The molecule has 3 aromatic heterocycles. The van der Waals surface area contributed by atoms with Crippen molar-refractivity contribution in [1.82, 2.24) is 19.7 Å². The van der Waals surface area contributed by atoms with Crippen LogP contribution in [0, 0.1) is 6.92 Å². The third-order valence-corrected chi connectivity index (χ3v) is 6.05. The predicted molar refractivity (Wildman–Crippen MR) is 121 cm³/mol. The number of benzene rings is 2. The monoisotopic (exact) mass is 453 g/mol. The van der Waals surface area contributed by atoms with Crippen molar-refractivity contribution < 1.29 is 13.2 Å². The zero-order valence-electron chi connectivity index (χ0n) is 17.0. The first kappa shape index (κ1) is 20.4. The molecule has 0 aliphatic rings. The molecule has 0 fully saturated rings. The molecule has 0 aliphatic heterocycles. The molecule has 3 heterocycles. The molecular formula is C23H18F3N5S. The Hall–Kier alpha value is -3.46. The normalized spacial score (nSPS) is 12.0. The molecule has 0 atom stereocenters. The van der Waals surface area contributed by atoms with Gasteiger partial charge in [0.25, 0.3) is 0 Å². The van der Waals surface area contributed by atoms with Gasteiger partial charge in [-0.2, -0.15) is 18.3 Å². The molecule has 0 saturated heterocycles. The minimum absolute atomic E-state index is 0.598. The van der Waals surface area contributed by atoms with Crippen molar-refractivity contribution in [3.8, 4) is 11.1 Å². The van der Waals surface area contributed by atoms with Gasteiger partial charge in [-0.3, -0.25) is 9.67 Å². The summed E-state index contributed by atoms with van der Waals surface area (Å²) in [6, 6.07) is 13.8. The molecule has 2 aromatic carbocycles. The van der Waals surface area contributed by atoms with E-state index in [1.54, 1.807) is 23.6 Å². The molecule has 5 rings (SSSR count). The molecule has 162 valence electrons. The summed E-state index contributed by atoms with van der Waals surface area (Å²) in [4.78, 5) is 9.07. The van der Waals surface area contributed by atoms with Crippen LogP contribution in [0.1, 0.15) is 10.6 Å². The SMILES string of the molecule is Cc1nc2cc(CNc3cccc4c(-c5cnn(CC(F)(F)F)c5)ccnc34)ccc2s1. The molecule has 0 aliphatic carbocycles. The summed E-state index contributed by atoms with van der Waals surface area (Å²) in [5.74, 6) is 0. The molecule has 0 bridgehead atoms. The van der Waals surface area contributed by atoms with Crippen LogP contribution in [0.25, 0.3) is 32.2 Å². The summed E-state index contributed by atoms with van der Waals surface area (Å²) in [7, 11) is 0. The second-order valence-electron chi connectivity index (χ2n) is 7.49. The predicted octanol–water partition coefficient (Wildman–Crippen LogP) is 6.19. The number of nitrogens with one attached hydrogen (secondary N) is 1. The lowest BCUT2D eigenvalue weighted by Crippen LogP contribution is -2.17. The van der Waals surface area contributed by atoms with E-state index in [1.807, 2.05) is 25.1 Å². The number of halogens is 3. The average Bonchev–Trinajstić information content (AvgIpc) is 3.35. The molecule has 0 saturated carbocycles. The summed E-state index contributed by atoms with van der Waals surface area (Å²) >= 11 is 1.67. The van der Waals surface area contributed by atoms with Crippen molar-refractivity contribution in [2.45, 2.75) is 26.2 Å². The molecule has 9 heteroatoms. The van der Waals surface area contributed by atoms with E-state index in [2.05, 4.69) is 38.6 Å². The first-order valence-corrected chi connectivity index (χ1v) is 10.7. The highest BCUT2D eigenvalue weighted by molar-refractivity contribution is 7.18. The molecule has 32 heavy (non-hydrogen) atoms. The Morgan fingerprint density at radius 1 is 1.12 bits per heavy atom. The minimum atomic E-state index is -4.32. The van der Waals surface area contributed by atoms with E-state index in [4.69, 9.17) is 0 Å². The largest absolute Gasteiger partial charge is 0.408 e. The number of hydrogen-bond acceptors (Lipinski definition) is 5. The molecule has 0 spiro atoms. The summed E-state index contributed by atoms with van der Waals surface area (Å²) in [5.41, 5.74) is 5.08. The van der Waals surface area contributed by atoms with Gasteiger partial charge in [0.15, 0.2) is 0 Å². The van der Waals surface area contributed by atoms with Crippen molar-refractivity contribution in [2.24, 2.45) is 0 Å². The van der Waals surface area contributed by atoms with Crippen LogP contribution >= 0.6 is 11.3 Å². The van der Waals surface area contributed by atoms with E-state index in [0.717, 1.165) is 47.6 Å². The lowest BCUT2D eigenvalue weighted by molar-refractivity contribution is -0.142. The second-order valence-corrected chi connectivity index (χ2v) is 8.73. The van der Waals surface area contributed by atoms with Crippen LogP contribution in [0.4, 0.5) is 18.9 Å². The van der Waals surface area contributed by atoms with Crippen LogP contribution in [0.3, 0.4) is 0 Å². The summed E-state index contributed by atoms with van der Waals surface area (Å²) in [6.45, 7) is 1.47. The fourth-order valence-electron chi connectivity index (χ4n) is 3.74. The van der Waals surface area contributed by atoms with Crippen LogP contribution in [0.15, 0.2) is 61.1 Å². The lowest BCUT2D eigenvalue weighted by Gasteiger charge is -2.11. The Morgan fingerprint density at radius 2 is 2.00 bits per heavy atom. The lowest BCUT2D eigenvalue weighted by atomic mass is 10.0. The van der Waals surface area contributed by atoms with Crippen LogP contribution in [0.5, 0.6) is 0 Å². The van der Waals surface area contributed by atoms with E-state index in [9.17, 15) is 13.2 Å². The van der Waals surface area contributed by atoms with E-state index in [-0.39, 0.29) is 0 Å². The molecule has 0 radical (unpaired) electrons. The minimum Gasteiger partial charge on any atom is -0.379 e. The van der Waals surface area contributed by atoms with Gasteiger partial charge in [-0.05, 0) is 42.3 Å². The average molecular weight is 453 g/mol. The number of aryl methyl sites for hydroxylation is 1. The van der Waals surface area contributed by atoms with Crippen LogP contribution < -0.4 is 5.32 Å². The van der Waals surface area contributed by atoms with Crippen molar-refractivity contribution in [3.63, 3.8) is 0 Å². The standard InChI is InChI=1S/C23H18F3N5S/c1-14-30-20-9-15(5-6-21(20)32-14)10-28-19-4-2-3-18-17(7-8-27-22(18)19)16-11-29-31(12-16)13-23(24,25)26/h2-9,11-12,28H,10,13H2,1H3. The smallest absolute Gasteiger partial charge is 0.379 e.